The number of nitrogens with zero attached hydrogens (tertiary/aromatic N) is 1. The summed E-state index contributed by atoms with van der Waals surface area (Å²) in [5.74, 6) is -1.23. The molecule has 1 aliphatic heterocycles. The number of hydrogen-bond donors (Lipinski definition) is 1. The van der Waals surface area contributed by atoms with Gasteiger partial charge in [0.15, 0.2) is 0 Å². The number of ether oxygens (including phenoxy) is 1. The molecule has 160 valence electrons. The van der Waals surface area contributed by atoms with E-state index in [9.17, 15) is 19.2 Å². The normalized spacial score (nSPS) is 14.8. The van der Waals surface area contributed by atoms with E-state index in [1.54, 1.807) is 61.5 Å². The molecule has 1 heterocycles. The maximum Gasteiger partial charge on any atom is 0.338 e. The number of esters is 1. The zero-order valence-electron chi connectivity index (χ0n) is 16.6. The molecule has 0 spiro atoms. The minimum absolute atomic E-state index is 0.0324. The second-order valence-corrected chi connectivity index (χ2v) is 7.91. The largest absolute Gasteiger partial charge is 0.462 e. The molecular formula is C22H19ClN2O5S. The standard InChI is InChI=1S/C22H19ClN2O5S/c1-2-30-21(28)15-5-9-17(10-6-15)24-19(26)11-12-25-20(27)18(31-22(25)29)13-14-3-7-16(23)8-4-14/h3-10,13H,2,11-12H2,1H3,(H,24,26). The van der Waals surface area contributed by atoms with Gasteiger partial charge in [0, 0.05) is 23.7 Å². The lowest BCUT2D eigenvalue weighted by Crippen LogP contribution is -2.31. The quantitative estimate of drug-likeness (QED) is 0.482. The molecule has 0 unspecified atom stereocenters. The minimum Gasteiger partial charge on any atom is -0.462 e. The Hall–Kier alpha value is -3.10. The Labute approximate surface area is 188 Å². The highest BCUT2D eigenvalue weighted by Crippen LogP contribution is 2.32. The minimum atomic E-state index is -0.439. The van der Waals surface area contributed by atoms with E-state index in [0.29, 0.717) is 21.2 Å². The van der Waals surface area contributed by atoms with Crippen LogP contribution in [0.4, 0.5) is 10.5 Å². The lowest BCUT2D eigenvalue weighted by molar-refractivity contribution is -0.123. The van der Waals surface area contributed by atoms with Gasteiger partial charge >= 0.3 is 5.97 Å². The van der Waals surface area contributed by atoms with Crippen LogP contribution in [-0.4, -0.2) is 41.1 Å². The predicted molar refractivity (Wildman–Crippen MR) is 120 cm³/mol. The van der Waals surface area contributed by atoms with Gasteiger partial charge < -0.3 is 10.1 Å². The highest BCUT2D eigenvalue weighted by atomic mass is 35.5. The van der Waals surface area contributed by atoms with Gasteiger partial charge in [-0.1, -0.05) is 23.7 Å². The van der Waals surface area contributed by atoms with E-state index in [4.69, 9.17) is 16.3 Å². The molecule has 2 aromatic carbocycles. The van der Waals surface area contributed by atoms with Crippen LogP contribution in [0.3, 0.4) is 0 Å². The number of hydrogen-bond acceptors (Lipinski definition) is 6. The Morgan fingerprint density at radius 1 is 1.10 bits per heavy atom. The highest BCUT2D eigenvalue weighted by molar-refractivity contribution is 8.18. The summed E-state index contributed by atoms with van der Waals surface area (Å²) < 4.78 is 4.91. The maximum atomic E-state index is 12.5. The summed E-state index contributed by atoms with van der Waals surface area (Å²) in [7, 11) is 0. The Morgan fingerprint density at radius 2 is 1.77 bits per heavy atom. The number of thioether (sulfide) groups is 1. The number of rotatable bonds is 7. The van der Waals surface area contributed by atoms with Crippen molar-refractivity contribution in [2.45, 2.75) is 13.3 Å². The average Bonchev–Trinajstić information content (AvgIpc) is 3.01. The van der Waals surface area contributed by atoms with Crippen LogP contribution >= 0.6 is 23.4 Å². The Bertz CT molecular complexity index is 1030. The first-order chi connectivity index (χ1) is 14.9. The van der Waals surface area contributed by atoms with Gasteiger partial charge in [-0.2, -0.15) is 0 Å². The molecule has 0 aliphatic carbocycles. The van der Waals surface area contributed by atoms with Crippen molar-refractivity contribution in [3.8, 4) is 0 Å². The SMILES string of the molecule is CCOC(=O)c1ccc(NC(=O)CCN2C(=O)SC(=Cc3ccc(Cl)cc3)C2=O)cc1. The molecule has 0 atom stereocenters. The molecule has 1 N–H and O–H groups in total. The summed E-state index contributed by atoms with van der Waals surface area (Å²) in [5, 5.41) is 2.83. The first kappa shape index (κ1) is 22.6. The van der Waals surface area contributed by atoms with E-state index in [1.807, 2.05) is 0 Å². The van der Waals surface area contributed by atoms with E-state index in [0.717, 1.165) is 22.2 Å². The van der Waals surface area contributed by atoms with Crippen molar-refractivity contribution in [2.24, 2.45) is 0 Å². The van der Waals surface area contributed by atoms with Crippen LogP contribution in [0.2, 0.25) is 5.02 Å². The fourth-order valence-corrected chi connectivity index (χ4v) is 3.74. The molecule has 3 amide bonds. The van der Waals surface area contributed by atoms with Crippen molar-refractivity contribution in [1.82, 2.24) is 4.90 Å². The molecule has 1 saturated heterocycles. The lowest BCUT2D eigenvalue weighted by Gasteiger charge is -2.12. The monoisotopic (exact) mass is 458 g/mol. The van der Waals surface area contributed by atoms with Gasteiger partial charge in [-0.25, -0.2) is 4.79 Å². The maximum absolute atomic E-state index is 12.5. The lowest BCUT2D eigenvalue weighted by atomic mass is 10.2. The molecule has 2 aromatic rings. The molecule has 1 aliphatic rings. The fourth-order valence-electron chi connectivity index (χ4n) is 2.74. The summed E-state index contributed by atoms with van der Waals surface area (Å²) in [5.41, 5.74) is 1.62. The molecule has 0 saturated carbocycles. The van der Waals surface area contributed by atoms with Crippen LogP contribution < -0.4 is 5.32 Å². The number of nitrogens with one attached hydrogen (secondary N) is 1. The van der Waals surface area contributed by atoms with Gasteiger partial charge in [0.1, 0.15) is 0 Å². The molecule has 1 fully saturated rings. The van der Waals surface area contributed by atoms with E-state index in [2.05, 4.69) is 5.32 Å². The molecule has 7 nitrogen and oxygen atoms in total. The topological polar surface area (TPSA) is 92.8 Å². The number of anilines is 1. The van der Waals surface area contributed by atoms with Crippen molar-refractivity contribution in [1.29, 1.82) is 0 Å². The second kappa shape index (κ2) is 10.3. The molecule has 0 radical (unpaired) electrons. The van der Waals surface area contributed by atoms with Crippen LogP contribution in [0.25, 0.3) is 6.08 Å². The van der Waals surface area contributed by atoms with Crippen molar-refractivity contribution < 1.29 is 23.9 Å². The van der Waals surface area contributed by atoms with Crippen LogP contribution in [0.15, 0.2) is 53.4 Å². The number of carbonyl (C=O) groups excluding carboxylic acids is 4. The number of amides is 3. The fraction of sp³-hybridized carbons (Fsp3) is 0.182. The summed E-state index contributed by atoms with van der Waals surface area (Å²) >= 11 is 6.69. The smallest absolute Gasteiger partial charge is 0.338 e. The number of carbonyl (C=O) groups is 4. The van der Waals surface area contributed by atoms with Gasteiger partial charge in [0.25, 0.3) is 11.1 Å². The first-order valence-electron chi connectivity index (χ1n) is 9.45. The molecule has 0 bridgehead atoms. The predicted octanol–water partition coefficient (Wildman–Crippen LogP) is 4.58. The van der Waals surface area contributed by atoms with Crippen molar-refractivity contribution >= 4 is 58.1 Å². The van der Waals surface area contributed by atoms with Gasteiger partial charge in [-0.15, -0.1) is 0 Å². The zero-order chi connectivity index (χ0) is 22.4. The second-order valence-electron chi connectivity index (χ2n) is 6.48. The van der Waals surface area contributed by atoms with Gasteiger partial charge in [0.2, 0.25) is 5.91 Å². The number of imide groups is 1. The third-order valence-corrected chi connectivity index (χ3v) is 5.44. The zero-order valence-corrected chi connectivity index (χ0v) is 18.2. The highest BCUT2D eigenvalue weighted by Gasteiger charge is 2.35. The van der Waals surface area contributed by atoms with Crippen LogP contribution in [0.1, 0.15) is 29.3 Å². The van der Waals surface area contributed by atoms with Crippen molar-refractivity contribution in [2.75, 3.05) is 18.5 Å². The van der Waals surface area contributed by atoms with Gasteiger partial charge in [0.05, 0.1) is 17.1 Å². The summed E-state index contributed by atoms with van der Waals surface area (Å²) in [6.45, 7) is 1.97. The van der Waals surface area contributed by atoms with Crippen LogP contribution in [-0.2, 0) is 14.3 Å². The van der Waals surface area contributed by atoms with E-state index in [1.165, 1.54) is 0 Å². The molecular weight excluding hydrogens is 440 g/mol. The first-order valence-corrected chi connectivity index (χ1v) is 10.6. The summed E-state index contributed by atoms with van der Waals surface area (Å²) in [6, 6.07) is 13.1. The Kier molecular flexibility index (Phi) is 7.49. The number of halogens is 1. The van der Waals surface area contributed by atoms with Crippen molar-refractivity contribution in [3.63, 3.8) is 0 Å². The summed E-state index contributed by atoms with van der Waals surface area (Å²) in [6.07, 6.45) is 1.57. The van der Waals surface area contributed by atoms with E-state index >= 15 is 0 Å². The Morgan fingerprint density at radius 3 is 2.42 bits per heavy atom. The molecule has 3 rings (SSSR count). The van der Waals surface area contributed by atoms with Gasteiger partial charge in [-0.3, -0.25) is 19.3 Å². The third-order valence-electron chi connectivity index (χ3n) is 4.28. The van der Waals surface area contributed by atoms with E-state index < -0.39 is 17.1 Å². The van der Waals surface area contributed by atoms with E-state index in [-0.39, 0.29) is 25.5 Å². The van der Waals surface area contributed by atoms with Crippen molar-refractivity contribution in [3.05, 3.63) is 69.6 Å². The third kappa shape index (κ3) is 5.96. The molecule has 31 heavy (non-hydrogen) atoms. The summed E-state index contributed by atoms with van der Waals surface area (Å²) in [4.78, 5) is 49.9. The molecule has 9 heteroatoms. The van der Waals surface area contributed by atoms with Crippen LogP contribution in [0, 0.1) is 0 Å². The Balaban J connectivity index is 1.55. The molecule has 0 aromatic heterocycles. The van der Waals surface area contributed by atoms with Gasteiger partial charge in [-0.05, 0) is 66.7 Å². The average molecular weight is 459 g/mol. The number of benzene rings is 2. The van der Waals surface area contributed by atoms with Crippen LogP contribution in [0.5, 0.6) is 0 Å².